The summed E-state index contributed by atoms with van der Waals surface area (Å²) in [5.41, 5.74) is 0.598. The van der Waals surface area contributed by atoms with Gasteiger partial charge in [0.1, 0.15) is 5.78 Å². The van der Waals surface area contributed by atoms with E-state index in [1.807, 2.05) is 0 Å². The summed E-state index contributed by atoms with van der Waals surface area (Å²) in [7, 11) is 0. The van der Waals surface area contributed by atoms with E-state index in [4.69, 9.17) is 0 Å². The highest BCUT2D eigenvalue weighted by Gasteiger charge is 2.85. The van der Waals surface area contributed by atoms with Gasteiger partial charge in [-0.25, -0.2) is 0 Å². The SMILES string of the molecule is C=C1[C@@H]2C[C@@]3([C@@H]1O)[C@@H](CC2=O)[C@]12C4[C@@H]3C[C@@H]1[C@@](C)(CC[C@@H]2O)CN4CC. The van der Waals surface area contributed by atoms with Crippen LogP contribution in [0.2, 0.25) is 0 Å². The standard InChI is InChI=1S/C22H31NO3/c1-4-23-10-20(3)6-5-17(25)22-15(20)7-13(18(22)23)21-9-12(11(2)19(21)26)14(24)8-16(21)22/h12-13,15-19,25-26H,2,4-10H2,1,3H3/t12-,13-,15+,16+,17-,18?,19+,20-,21-,22+/m0/s1. The Hall–Kier alpha value is -0.710. The lowest BCUT2D eigenvalue weighted by Crippen LogP contribution is -2.68. The number of piperidine rings is 1. The summed E-state index contributed by atoms with van der Waals surface area (Å²) < 4.78 is 0. The van der Waals surface area contributed by atoms with Crippen LogP contribution in [0.5, 0.6) is 0 Å². The van der Waals surface area contributed by atoms with Gasteiger partial charge in [0.05, 0.1) is 12.2 Å². The first-order valence-corrected chi connectivity index (χ1v) is 10.6. The number of nitrogens with zero attached hydrogens (tertiary/aromatic N) is 1. The highest BCUT2D eigenvalue weighted by molar-refractivity contribution is 5.87. The van der Waals surface area contributed by atoms with E-state index >= 15 is 0 Å². The Morgan fingerprint density at radius 3 is 2.81 bits per heavy atom. The first-order valence-electron chi connectivity index (χ1n) is 10.6. The molecule has 6 rings (SSSR count). The Morgan fingerprint density at radius 2 is 2.08 bits per heavy atom. The van der Waals surface area contributed by atoms with Crippen LogP contribution in [0.25, 0.3) is 0 Å². The van der Waals surface area contributed by atoms with E-state index < -0.39 is 6.10 Å². The molecule has 6 fully saturated rings. The minimum absolute atomic E-state index is 0.130. The van der Waals surface area contributed by atoms with Gasteiger partial charge < -0.3 is 10.2 Å². The van der Waals surface area contributed by atoms with Crippen LogP contribution in [0.1, 0.15) is 46.0 Å². The van der Waals surface area contributed by atoms with Gasteiger partial charge in [0.15, 0.2) is 0 Å². The Kier molecular flexibility index (Phi) is 2.80. The molecular formula is C22H31NO3. The van der Waals surface area contributed by atoms with Crippen molar-refractivity contribution >= 4 is 5.78 Å². The predicted octanol–water partition coefficient (Wildman–Crippen LogP) is 2.00. The molecule has 4 nitrogen and oxygen atoms in total. The van der Waals surface area contributed by atoms with Crippen LogP contribution < -0.4 is 0 Å². The van der Waals surface area contributed by atoms with Crippen LogP contribution in [0.4, 0.5) is 0 Å². The van der Waals surface area contributed by atoms with E-state index in [9.17, 15) is 15.0 Å². The second-order valence-electron chi connectivity index (χ2n) is 10.7. The number of hydrogen-bond acceptors (Lipinski definition) is 4. The largest absolute Gasteiger partial charge is 0.392 e. The van der Waals surface area contributed by atoms with Crippen LogP contribution in [-0.2, 0) is 4.79 Å². The maximum atomic E-state index is 13.0. The fourth-order valence-corrected chi connectivity index (χ4v) is 9.75. The maximum absolute atomic E-state index is 13.0. The molecule has 1 aliphatic heterocycles. The van der Waals surface area contributed by atoms with E-state index in [1.54, 1.807) is 0 Å². The van der Waals surface area contributed by atoms with Crippen molar-refractivity contribution < 1.29 is 15.0 Å². The van der Waals surface area contributed by atoms with Gasteiger partial charge in [0, 0.05) is 35.8 Å². The molecular weight excluding hydrogens is 326 g/mol. The number of fused-ring (bicyclic) bond motifs is 1. The lowest BCUT2D eigenvalue weighted by atomic mass is 9.43. The molecule has 7 bridgehead atoms. The minimum atomic E-state index is -0.561. The summed E-state index contributed by atoms with van der Waals surface area (Å²) in [6.45, 7) is 10.9. The van der Waals surface area contributed by atoms with E-state index in [-0.39, 0.29) is 40.0 Å². The average Bonchev–Trinajstić information content (AvgIpc) is 3.14. The van der Waals surface area contributed by atoms with Crippen LogP contribution >= 0.6 is 0 Å². The van der Waals surface area contributed by atoms with Crippen LogP contribution in [0.15, 0.2) is 12.2 Å². The molecule has 0 amide bonds. The third-order valence-corrected chi connectivity index (χ3v) is 10.4. The minimum Gasteiger partial charge on any atom is -0.392 e. The number of carbonyl (C=O) groups is 1. The van der Waals surface area contributed by atoms with Gasteiger partial charge in [-0.1, -0.05) is 20.4 Å². The molecule has 4 heteroatoms. The van der Waals surface area contributed by atoms with Crippen molar-refractivity contribution in [2.75, 3.05) is 13.1 Å². The van der Waals surface area contributed by atoms with Crippen LogP contribution in [-0.4, -0.2) is 52.2 Å². The fourth-order valence-electron chi connectivity index (χ4n) is 9.75. The number of aliphatic hydroxyl groups excluding tert-OH is 2. The fraction of sp³-hybridized carbons (Fsp3) is 0.864. The monoisotopic (exact) mass is 357 g/mol. The lowest BCUT2D eigenvalue weighted by Gasteiger charge is -2.65. The molecule has 142 valence electrons. The number of rotatable bonds is 1. The number of carbonyl (C=O) groups excluding carboxylic acids is 1. The van der Waals surface area contributed by atoms with E-state index in [1.165, 1.54) is 0 Å². The molecule has 2 spiro atoms. The highest BCUT2D eigenvalue weighted by atomic mass is 16.3. The summed E-state index contributed by atoms with van der Waals surface area (Å²) in [5.74, 6) is 1.16. The van der Waals surface area contributed by atoms with Crippen molar-refractivity contribution in [1.82, 2.24) is 4.90 Å². The van der Waals surface area contributed by atoms with Gasteiger partial charge in [-0.15, -0.1) is 0 Å². The van der Waals surface area contributed by atoms with E-state index in [2.05, 4.69) is 25.3 Å². The lowest BCUT2D eigenvalue weighted by molar-refractivity contribution is -0.211. The summed E-state index contributed by atoms with van der Waals surface area (Å²) >= 11 is 0. The van der Waals surface area contributed by atoms with Gasteiger partial charge in [-0.05, 0) is 61.0 Å². The molecule has 1 unspecified atom stereocenters. The van der Waals surface area contributed by atoms with Crippen molar-refractivity contribution in [3.05, 3.63) is 12.2 Å². The predicted molar refractivity (Wildman–Crippen MR) is 97.2 cm³/mol. The molecule has 1 saturated heterocycles. The van der Waals surface area contributed by atoms with Crippen molar-refractivity contribution in [2.24, 2.45) is 39.9 Å². The van der Waals surface area contributed by atoms with Crippen LogP contribution in [0.3, 0.4) is 0 Å². The third-order valence-electron chi connectivity index (χ3n) is 10.4. The molecule has 5 aliphatic carbocycles. The summed E-state index contributed by atoms with van der Waals surface area (Å²) in [6, 6.07) is 0.331. The summed E-state index contributed by atoms with van der Waals surface area (Å²) in [4.78, 5) is 15.6. The van der Waals surface area contributed by atoms with Gasteiger partial charge in [0.2, 0.25) is 0 Å². The molecule has 5 saturated carbocycles. The zero-order valence-corrected chi connectivity index (χ0v) is 15.9. The number of hydrogen-bond donors (Lipinski definition) is 2. The smallest absolute Gasteiger partial charge is 0.140 e. The second kappa shape index (κ2) is 4.47. The van der Waals surface area contributed by atoms with Crippen molar-refractivity contribution in [2.45, 2.75) is 64.2 Å². The van der Waals surface area contributed by atoms with Crippen LogP contribution in [0, 0.1) is 39.9 Å². The average molecular weight is 357 g/mol. The normalized spacial score (nSPS) is 62.7. The van der Waals surface area contributed by atoms with Crippen molar-refractivity contribution in [3.63, 3.8) is 0 Å². The highest BCUT2D eigenvalue weighted by Crippen LogP contribution is 2.83. The maximum Gasteiger partial charge on any atom is 0.140 e. The molecule has 26 heavy (non-hydrogen) atoms. The number of Topliss-reactive ketones (excluding diaryl/α,β-unsaturated/α-hetero) is 1. The second-order valence-corrected chi connectivity index (χ2v) is 10.7. The molecule has 6 aliphatic rings. The molecule has 1 heterocycles. The Bertz CT molecular complexity index is 735. The topological polar surface area (TPSA) is 60.8 Å². The quantitative estimate of drug-likeness (QED) is 0.705. The first-order chi connectivity index (χ1) is 12.3. The molecule has 0 aromatic rings. The Morgan fingerprint density at radius 1 is 1.31 bits per heavy atom. The molecule has 10 atom stereocenters. The molecule has 2 N–H and O–H groups in total. The van der Waals surface area contributed by atoms with Gasteiger partial charge in [0.25, 0.3) is 0 Å². The summed E-state index contributed by atoms with van der Waals surface area (Å²) in [5, 5.41) is 22.8. The van der Waals surface area contributed by atoms with Gasteiger partial charge in [-0.3, -0.25) is 9.69 Å². The Labute approximate surface area is 155 Å². The first kappa shape index (κ1) is 16.3. The zero-order valence-electron chi connectivity index (χ0n) is 15.9. The van der Waals surface area contributed by atoms with Crippen molar-refractivity contribution in [3.8, 4) is 0 Å². The van der Waals surface area contributed by atoms with Gasteiger partial charge >= 0.3 is 0 Å². The molecule has 0 aromatic carbocycles. The zero-order chi connectivity index (χ0) is 18.2. The molecule has 0 radical (unpaired) electrons. The van der Waals surface area contributed by atoms with E-state index in [0.29, 0.717) is 24.3 Å². The summed E-state index contributed by atoms with van der Waals surface area (Å²) in [6.07, 6.45) is 3.50. The van der Waals surface area contributed by atoms with E-state index in [0.717, 1.165) is 44.3 Å². The third kappa shape index (κ3) is 1.33. The Balaban J connectivity index is 1.62. The number of ketones is 1. The van der Waals surface area contributed by atoms with Crippen molar-refractivity contribution in [1.29, 1.82) is 0 Å². The number of aliphatic hydroxyl groups is 2. The molecule has 0 aromatic heterocycles. The number of likely N-dealkylation sites (tertiary alicyclic amines) is 1. The van der Waals surface area contributed by atoms with Gasteiger partial charge in [-0.2, -0.15) is 0 Å².